The summed E-state index contributed by atoms with van der Waals surface area (Å²) in [5, 5.41) is 17.7. The Hall–Kier alpha value is -2.25. The quantitative estimate of drug-likeness (QED) is 0.845. The molecular formula is C18H23N5O2. The lowest BCUT2D eigenvalue weighted by Crippen LogP contribution is -2.43. The maximum atomic E-state index is 11.8. The van der Waals surface area contributed by atoms with Crippen LogP contribution < -0.4 is 5.32 Å². The van der Waals surface area contributed by atoms with E-state index >= 15 is 0 Å². The zero-order chi connectivity index (χ0) is 17.2. The predicted octanol–water partition coefficient (Wildman–Crippen LogP) is 1.04. The molecule has 4 rings (SSSR count). The highest BCUT2D eigenvalue weighted by Gasteiger charge is 2.28. The maximum Gasteiger partial charge on any atom is 0.354 e. The van der Waals surface area contributed by atoms with E-state index in [1.165, 1.54) is 0 Å². The molecule has 0 radical (unpaired) electrons. The van der Waals surface area contributed by atoms with Crippen molar-refractivity contribution >= 4 is 5.97 Å². The topological polar surface area (TPSA) is 83.3 Å². The molecule has 1 saturated heterocycles. The Morgan fingerprint density at radius 1 is 1.24 bits per heavy atom. The second-order valence-electron chi connectivity index (χ2n) is 6.68. The molecule has 2 aromatic rings. The Morgan fingerprint density at radius 3 is 2.88 bits per heavy atom. The SMILES string of the molecule is O=C(O)c1c2c(nn1CCCN1CCNCC1)-c1ccncc1CC2. The molecule has 7 nitrogen and oxygen atoms in total. The lowest BCUT2D eigenvalue weighted by atomic mass is 9.90. The molecule has 7 heteroatoms. The molecule has 0 amide bonds. The first-order valence-electron chi connectivity index (χ1n) is 8.93. The average molecular weight is 341 g/mol. The minimum Gasteiger partial charge on any atom is -0.477 e. The number of pyridine rings is 1. The zero-order valence-corrected chi connectivity index (χ0v) is 14.2. The first-order valence-corrected chi connectivity index (χ1v) is 8.93. The molecule has 2 aromatic heterocycles. The number of hydrogen-bond acceptors (Lipinski definition) is 5. The summed E-state index contributed by atoms with van der Waals surface area (Å²) in [6.45, 7) is 5.79. The Kier molecular flexibility index (Phi) is 4.50. The van der Waals surface area contributed by atoms with Crippen molar-refractivity contribution in [3.05, 3.63) is 35.3 Å². The lowest BCUT2D eigenvalue weighted by Gasteiger charge is -2.27. The van der Waals surface area contributed by atoms with E-state index in [9.17, 15) is 9.90 Å². The van der Waals surface area contributed by atoms with E-state index in [0.29, 0.717) is 18.7 Å². The van der Waals surface area contributed by atoms with Crippen LogP contribution in [-0.4, -0.2) is 63.5 Å². The van der Waals surface area contributed by atoms with Crippen LogP contribution in [-0.2, 0) is 19.4 Å². The number of rotatable bonds is 5. The summed E-state index contributed by atoms with van der Waals surface area (Å²) >= 11 is 0. The molecule has 132 valence electrons. The van der Waals surface area contributed by atoms with Gasteiger partial charge in [0.2, 0.25) is 0 Å². The number of aryl methyl sites for hydroxylation is 2. The molecule has 25 heavy (non-hydrogen) atoms. The fourth-order valence-corrected chi connectivity index (χ4v) is 3.85. The van der Waals surface area contributed by atoms with Crippen molar-refractivity contribution in [3.63, 3.8) is 0 Å². The van der Waals surface area contributed by atoms with Gasteiger partial charge in [-0.3, -0.25) is 9.67 Å². The normalized spacial score (nSPS) is 17.1. The summed E-state index contributed by atoms with van der Waals surface area (Å²) in [5.41, 5.74) is 4.23. The van der Waals surface area contributed by atoms with Crippen LogP contribution in [0.4, 0.5) is 0 Å². The fourth-order valence-electron chi connectivity index (χ4n) is 3.85. The van der Waals surface area contributed by atoms with Crippen LogP contribution in [0.5, 0.6) is 0 Å². The van der Waals surface area contributed by atoms with Gasteiger partial charge in [-0.2, -0.15) is 5.10 Å². The monoisotopic (exact) mass is 341 g/mol. The number of carboxylic acid groups (broad SMARTS) is 1. The molecule has 1 aliphatic carbocycles. The second kappa shape index (κ2) is 6.93. The second-order valence-corrected chi connectivity index (χ2v) is 6.68. The molecule has 0 saturated carbocycles. The van der Waals surface area contributed by atoms with Crippen LogP contribution >= 0.6 is 0 Å². The third-order valence-corrected chi connectivity index (χ3v) is 5.11. The lowest BCUT2D eigenvalue weighted by molar-refractivity contribution is 0.0681. The molecule has 0 spiro atoms. The van der Waals surface area contributed by atoms with Crippen LogP contribution in [0.25, 0.3) is 11.3 Å². The van der Waals surface area contributed by atoms with Gasteiger partial charge in [-0.15, -0.1) is 0 Å². The number of nitrogens with one attached hydrogen (secondary N) is 1. The highest BCUT2D eigenvalue weighted by atomic mass is 16.4. The number of carboxylic acids is 1. The van der Waals surface area contributed by atoms with Crippen LogP contribution in [0.1, 0.15) is 28.0 Å². The van der Waals surface area contributed by atoms with Crippen molar-refractivity contribution in [1.29, 1.82) is 0 Å². The number of piperazine rings is 1. The molecule has 2 N–H and O–H groups in total. The van der Waals surface area contributed by atoms with Crippen molar-refractivity contribution in [2.45, 2.75) is 25.8 Å². The molecule has 2 aliphatic rings. The summed E-state index contributed by atoms with van der Waals surface area (Å²) in [5.74, 6) is -0.881. The van der Waals surface area contributed by atoms with E-state index in [2.05, 4.69) is 20.3 Å². The fraction of sp³-hybridized carbons (Fsp3) is 0.500. The number of aromatic carboxylic acids is 1. The molecule has 1 fully saturated rings. The Bertz CT molecular complexity index is 780. The van der Waals surface area contributed by atoms with Gasteiger partial charge in [0.15, 0.2) is 0 Å². The van der Waals surface area contributed by atoms with E-state index < -0.39 is 5.97 Å². The molecule has 0 bridgehead atoms. The van der Waals surface area contributed by atoms with E-state index in [4.69, 9.17) is 0 Å². The van der Waals surface area contributed by atoms with E-state index in [1.807, 2.05) is 12.3 Å². The highest BCUT2D eigenvalue weighted by Crippen LogP contribution is 2.34. The van der Waals surface area contributed by atoms with Gasteiger partial charge in [0.05, 0.1) is 5.69 Å². The van der Waals surface area contributed by atoms with Gasteiger partial charge in [0, 0.05) is 56.2 Å². The van der Waals surface area contributed by atoms with E-state index in [-0.39, 0.29) is 0 Å². The van der Waals surface area contributed by atoms with Crippen molar-refractivity contribution in [3.8, 4) is 11.3 Å². The largest absolute Gasteiger partial charge is 0.477 e. The zero-order valence-electron chi connectivity index (χ0n) is 14.2. The molecular weight excluding hydrogens is 318 g/mol. The molecule has 0 aromatic carbocycles. The van der Waals surface area contributed by atoms with E-state index in [1.54, 1.807) is 10.9 Å². The number of aromatic nitrogens is 3. The summed E-state index contributed by atoms with van der Waals surface area (Å²) in [4.78, 5) is 18.4. The summed E-state index contributed by atoms with van der Waals surface area (Å²) in [6.07, 6.45) is 6.06. The number of carbonyl (C=O) groups is 1. The van der Waals surface area contributed by atoms with Gasteiger partial charge < -0.3 is 15.3 Å². The highest BCUT2D eigenvalue weighted by molar-refractivity contribution is 5.90. The smallest absolute Gasteiger partial charge is 0.354 e. The third-order valence-electron chi connectivity index (χ3n) is 5.11. The minimum absolute atomic E-state index is 0.359. The predicted molar refractivity (Wildman–Crippen MR) is 93.8 cm³/mol. The van der Waals surface area contributed by atoms with Crippen LogP contribution in [0.2, 0.25) is 0 Å². The Balaban J connectivity index is 1.56. The van der Waals surface area contributed by atoms with Crippen LogP contribution in [0.15, 0.2) is 18.5 Å². The first kappa shape index (κ1) is 16.2. The van der Waals surface area contributed by atoms with Crippen LogP contribution in [0.3, 0.4) is 0 Å². The van der Waals surface area contributed by atoms with Crippen molar-refractivity contribution < 1.29 is 9.90 Å². The van der Waals surface area contributed by atoms with Crippen molar-refractivity contribution in [2.75, 3.05) is 32.7 Å². The van der Waals surface area contributed by atoms with Gasteiger partial charge in [0.1, 0.15) is 5.69 Å². The number of nitrogens with zero attached hydrogens (tertiary/aromatic N) is 4. The number of hydrogen-bond donors (Lipinski definition) is 2. The van der Waals surface area contributed by atoms with E-state index in [0.717, 1.165) is 67.9 Å². The Labute approximate surface area is 146 Å². The van der Waals surface area contributed by atoms with Gasteiger partial charge in [0.25, 0.3) is 0 Å². The third kappa shape index (κ3) is 3.17. The summed E-state index contributed by atoms with van der Waals surface area (Å²) in [7, 11) is 0. The maximum absolute atomic E-state index is 11.8. The molecule has 0 atom stereocenters. The van der Waals surface area contributed by atoms with Crippen molar-refractivity contribution in [2.24, 2.45) is 0 Å². The van der Waals surface area contributed by atoms with Gasteiger partial charge in [-0.25, -0.2) is 4.79 Å². The molecule has 1 aliphatic heterocycles. The first-order chi connectivity index (χ1) is 12.2. The Morgan fingerprint density at radius 2 is 2.08 bits per heavy atom. The summed E-state index contributed by atoms with van der Waals surface area (Å²) < 4.78 is 1.70. The minimum atomic E-state index is -0.881. The summed E-state index contributed by atoms with van der Waals surface area (Å²) in [6, 6.07) is 1.94. The van der Waals surface area contributed by atoms with Crippen molar-refractivity contribution in [1.82, 2.24) is 25.0 Å². The van der Waals surface area contributed by atoms with Gasteiger partial charge >= 0.3 is 5.97 Å². The average Bonchev–Trinajstić information content (AvgIpc) is 3.01. The van der Waals surface area contributed by atoms with Gasteiger partial charge in [-0.1, -0.05) is 0 Å². The molecule has 0 unspecified atom stereocenters. The standard InChI is InChI=1S/C18H23N5O2/c24-18(25)17-15-3-2-13-12-20-5-4-14(13)16(15)21-23(17)9-1-8-22-10-6-19-7-11-22/h4-5,12,19H,1-3,6-11H2,(H,24,25). The number of fused-ring (bicyclic) bond motifs is 3. The molecule has 3 heterocycles. The van der Waals surface area contributed by atoms with Crippen LogP contribution in [0, 0.1) is 0 Å². The van der Waals surface area contributed by atoms with Gasteiger partial charge in [-0.05, 0) is 37.4 Å².